The van der Waals surface area contributed by atoms with Gasteiger partial charge in [0.25, 0.3) is 0 Å². The van der Waals surface area contributed by atoms with E-state index in [0.29, 0.717) is 25.0 Å². The number of cyclic esters (lactones) is 1. The van der Waals surface area contributed by atoms with Crippen molar-refractivity contribution in [1.29, 1.82) is 0 Å². The number of benzene rings is 2. The first-order valence-electron chi connectivity index (χ1n) is 14.6. The average molecular weight is 610 g/mol. The summed E-state index contributed by atoms with van der Waals surface area (Å²) in [4.78, 5) is 64.2. The fourth-order valence-electron chi connectivity index (χ4n) is 4.70. The van der Waals surface area contributed by atoms with Gasteiger partial charge in [-0.25, -0.2) is 9.69 Å². The largest absolute Gasteiger partial charge is 0.488 e. The molecule has 0 aliphatic carbocycles. The number of allylic oxidation sites excluding steroid dienone is 1. The Morgan fingerprint density at radius 1 is 0.932 bits per heavy atom. The van der Waals surface area contributed by atoms with Gasteiger partial charge < -0.3 is 24.1 Å². The third-order valence-electron chi connectivity index (χ3n) is 7.02. The topological polar surface area (TPSA) is 146 Å². The molecular formula is C33H39NO10. The van der Waals surface area contributed by atoms with Crippen LogP contribution in [0.15, 0.2) is 72.2 Å². The van der Waals surface area contributed by atoms with Crippen LogP contribution in [0.3, 0.4) is 0 Å². The molecule has 0 radical (unpaired) electrons. The Balaban J connectivity index is 1.52. The molecule has 1 N–H and O–H groups in total. The van der Waals surface area contributed by atoms with Gasteiger partial charge in [-0.1, -0.05) is 73.5 Å². The summed E-state index contributed by atoms with van der Waals surface area (Å²) in [6.45, 7) is 1.28. The first-order chi connectivity index (χ1) is 21.2. The predicted octanol–water partition coefficient (Wildman–Crippen LogP) is 4.57. The van der Waals surface area contributed by atoms with Crippen LogP contribution in [-0.2, 0) is 44.7 Å². The molecule has 1 aliphatic rings. The summed E-state index contributed by atoms with van der Waals surface area (Å²) >= 11 is 0. The Kier molecular flexibility index (Phi) is 13.7. The minimum atomic E-state index is -1.01. The number of rotatable bonds is 18. The Morgan fingerprint density at radius 3 is 2.25 bits per heavy atom. The number of amides is 2. The van der Waals surface area contributed by atoms with E-state index in [9.17, 15) is 29.1 Å². The lowest BCUT2D eigenvalue weighted by atomic mass is 10.0. The molecule has 0 spiro atoms. The second-order valence-electron chi connectivity index (χ2n) is 10.3. The van der Waals surface area contributed by atoms with Crippen LogP contribution in [0, 0.1) is 0 Å². The summed E-state index contributed by atoms with van der Waals surface area (Å²) in [6.07, 6.45) is 1.29. The highest BCUT2D eigenvalue weighted by atomic mass is 16.6. The van der Waals surface area contributed by atoms with Crippen LogP contribution in [0.2, 0.25) is 0 Å². The lowest BCUT2D eigenvalue weighted by Crippen LogP contribution is -2.37. The number of hydrogen-bond donors (Lipinski definition) is 1. The van der Waals surface area contributed by atoms with Gasteiger partial charge in [0.1, 0.15) is 18.4 Å². The van der Waals surface area contributed by atoms with Crippen LogP contribution in [-0.4, -0.2) is 66.0 Å². The third kappa shape index (κ3) is 10.1. The molecule has 0 aromatic heterocycles. The fraction of sp³-hybridized carbons (Fsp3) is 0.424. The smallest absolute Gasteiger partial charge is 0.417 e. The summed E-state index contributed by atoms with van der Waals surface area (Å²) in [5, 5.41) is 9.60. The highest BCUT2D eigenvalue weighted by Gasteiger charge is 2.42. The quantitative estimate of drug-likeness (QED) is 0.110. The number of hydrogen-bond acceptors (Lipinski definition) is 10. The normalized spacial score (nSPS) is 15.7. The summed E-state index contributed by atoms with van der Waals surface area (Å²) in [7, 11) is 1.11. The fourth-order valence-corrected chi connectivity index (χ4v) is 4.70. The number of nitrogens with zero attached hydrogens (tertiary/aromatic N) is 1. The monoisotopic (exact) mass is 609 g/mol. The van der Waals surface area contributed by atoms with Crippen molar-refractivity contribution < 1.29 is 48.0 Å². The number of aliphatic hydroxyl groups is 1. The van der Waals surface area contributed by atoms with E-state index in [2.05, 4.69) is 0 Å². The molecule has 0 saturated carbocycles. The molecule has 1 heterocycles. The Hall–Kier alpha value is -4.35. The SMILES string of the molecule is COC(C(=O)N1C(=O)OCC1c1ccccc1)=C(OC(C)=O)C(=O)CCC(=O)CCCCC[C@@H](CO)OCc1ccccc1. The Labute approximate surface area is 256 Å². The van der Waals surface area contributed by atoms with E-state index in [1.807, 2.05) is 30.3 Å². The molecule has 2 atom stereocenters. The van der Waals surface area contributed by atoms with Gasteiger partial charge in [0.15, 0.2) is 0 Å². The van der Waals surface area contributed by atoms with Gasteiger partial charge in [0.05, 0.1) is 26.4 Å². The molecule has 1 unspecified atom stereocenters. The molecule has 44 heavy (non-hydrogen) atoms. The van der Waals surface area contributed by atoms with E-state index in [4.69, 9.17) is 18.9 Å². The molecule has 1 fully saturated rings. The molecule has 1 aliphatic heterocycles. The number of ketones is 2. The van der Waals surface area contributed by atoms with Crippen LogP contribution < -0.4 is 0 Å². The van der Waals surface area contributed by atoms with Crippen molar-refractivity contribution in [2.75, 3.05) is 20.3 Å². The number of Topliss-reactive ketones (excluding diaryl/α,β-unsaturated/α-hetero) is 2. The number of methoxy groups -OCH3 is 1. The number of carbonyl (C=O) groups excluding carboxylic acids is 5. The van der Waals surface area contributed by atoms with Crippen LogP contribution >= 0.6 is 0 Å². The molecule has 0 bridgehead atoms. The van der Waals surface area contributed by atoms with E-state index < -0.39 is 41.3 Å². The zero-order valence-electron chi connectivity index (χ0n) is 25.1. The summed E-state index contributed by atoms with van der Waals surface area (Å²) in [5.41, 5.74) is 1.65. The summed E-state index contributed by atoms with van der Waals surface area (Å²) in [6, 6.07) is 17.6. The number of carbonyl (C=O) groups is 5. The summed E-state index contributed by atoms with van der Waals surface area (Å²) in [5.74, 6) is -4.14. The maximum atomic E-state index is 13.4. The molecule has 11 heteroatoms. The molecule has 3 rings (SSSR count). The molecule has 236 valence electrons. The number of imide groups is 1. The van der Waals surface area contributed by atoms with Gasteiger partial charge in [-0.3, -0.25) is 19.2 Å². The van der Waals surface area contributed by atoms with Crippen LogP contribution in [0.4, 0.5) is 4.79 Å². The van der Waals surface area contributed by atoms with E-state index in [1.54, 1.807) is 30.3 Å². The summed E-state index contributed by atoms with van der Waals surface area (Å²) < 4.78 is 21.1. The zero-order valence-corrected chi connectivity index (χ0v) is 25.1. The second kappa shape index (κ2) is 17.7. The Bertz CT molecular complexity index is 1310. The minimum absolute atomic E-state index is 0.0934. The maximum absolute atomic E-state index is 13.4. The molecule has 11 nitrogen and oxygen atoms in total. The Morgan fingerprint density at radius 2 is 1.61 bits per heavy atom. The van der Waals surface area contributed by atoms with Gasteiger partial charge in [0, 0.05) is 26.2 Å². The minimum Gasteiger partial charge on any atom is -0.488 e. The molecule has 1 saturated heterocycles. The lowest BCUT2D eigenvalue weighted by Gasteiger charge is -2.21. The standard InChI is InChI=1S/C33H39NO10/c1-23(36)44-30(31(41-2)32(39)34-28(22-43-33(34)40)25-14-8-4-9-15-25)29(38)19-18-26(37)16-10-5-11-17-27(20-35)42-21-24-12-6-3-7-13-24/h3-4,6-9,12-15,27-28,35H,5,10-11,16-22H2,1-2H3/t27-,28?/m0/s1. The van der Waals surface area contributed by atoms with E-state index >= 15 is 0 Å². The van der Waals surface area contributed by atoms with E-state index in [-0.39, 0.29) is 44.4 Å². The first kappa shape index (κ1) is 34.1. The van der Waals surface area contributed by atoms with Crippen molar-refractivity contribution in [2.24, 2.45) is 0 Å². The van der Waals surface area contributed by atoms with Gasteiger partial charge in [-0.05, 0) is 24.0 Å². The molecule has 2 amide bonds. The van der Waals surface area contributed by atoms with Crippen LogP contribution in [0.5, 0.6) is 0 Å². The third-order valence-corrected chi connectivity index (χ3v) is 7.02. The highest BCUT2D eigenvalue weighted by molar-refractivity contribution is 6.09. The number of ether oxygens (including phenoxy) is 4. The van der Waals surface area contributed by atoms with Crippen LogP contribution in [0.25, 0.3) is 0 Å². The van der Waals surface area contributed by atoms with E-state index in [0.717, 1.165) is 37.3 Å². The zero-order chi connectivity index (χ0) is 31.9. The average Bonchev–Trinajstić information content (AvgIpc) is 3.42. The van der Waals surface area contributed by atoms with Crippen molar-refractivity contribution in [2.45, 2.75) is 70.6 Å². The van der Waals surface area contributed by atoms with Crippen molar-refractivity contribution in [3.63, 3.8) is 0 Å². The lowest BCUT2D eigenvalue weighted by molar-refractivity contribution is -0.141. The van der Waals surface area contributed by atoms with Crippen LogP contribution in [0.1, 0.15) is 69.0 Å². The first-order valence-corrected chi connectivity index (χ1v) is 14.6. The van der Waals surface area contributed by atoms with Crippen molar-refractivity contribution in [3.8, 4) is 0 Å². The van der Waals surface area contributed by atoms with Crippen molar-refractivity contribution in [1.82, 2.24) is 4.90 Å². The van der Waals surface area contributed by atoms with Gasteiger partial charge in [-0.2, -0.15) is 0 Å². The predicted molar refractivity (Wildman–Crippen MR) is 158 cm³/mol. The van der Waals surface area contributed by atoms with E-state index in [1.165, 1.54) is 0 Å². The number of unbranched alkanes of at least 4 members (excludes halogenated alkanes) is 2. The van der Waals surface area contributed by atoms with Crippen molar-refractivity contribution >= 4 is 29.5 Å². The maximum Gasteiger partial charge on any atom is 0.417 e. The van der Waals surface area contributed by atoms with Gasteiger partial charge in [-0.15, -0.1) is 0 Å². The molecule has 2 aromatic rings. The highest BCUT2D eigenvalue weighted by Crippen LogP contribution is 2.30. The van der Waals surface area contributed by atoms with Gasteiger partial charge in [0.2, 0.25) is 17.3 Å². The number of aliphatic hydroxyl groups excluding tert-OH is 1. The van der Waals surface area contributed by atoms with Gasteiger partial charge >= 0.3 is 18.0 Å². The second-order valence-corrected chi connectivity index (χ2v) is 10.3. The molecule has 2 aromatic carbocycles. The molecular weight excluding hydrogens is 570 g/mol. The van der Waals surface area contributed by atoms with Crippen molar-refractivity contribution in [3.05, 3.63) is 83.3 Å². The number of esters is 1.